The monoisotopic (exact) mass is 666 g/mol. The van der Waals surface area contributed by atoms with Gasteiger partial charge in [0, 0.05) is 41.2 Å². The second kappa shape index (κ2) is 14.7. The minimum atomic E-state index is -1.93. The van der Waals surface area contributed by atoms with E-state index in [-0.39, 0.29) is 0 Å². The molecule has 0 unspecified atom stereocenters. The van der Waals surface area contributed by atoms with Crippen LogP contribution >= 0.6 is 0 Å². The molecule has 0 amide bonds. The lowest BCUT2D eigenvalue weighted by molar-refractivity contribution is 0.414. The first-order chi connectivity index (χ1) is 23.8. The fraction of sp³-hybridized carbons (Fsp3) is 0.143. The van der Waals surface area contributed by atoms with Crippen molar-refractivity contribution < 1.29 is 18.6 Å². The maximum Gasteiger partial charge on any atom is 0.217 e. The van der Waals surface area contributed by atoms with Gasteiger partial charge in [0.25, 0.3) is 0 Å². The Kier molecular flexibility index (Phi) is 10.0. The molecule has 6 rings (SSSR count). The lowest BCUT2D eigenvalue weighted by atomic mass is 10.0. The Balaban J connectivity index is 1.31. The molecule has 0 spiro atoms. The molecule has 6 aromatic rings. The van der Waals surface area contributed by atoms with Crippen molar-refractivity contribution in [3.63, 3.8) is 0 Å². The SMILES string of the molecule is COc1ccc(N(c2ccc(OC)cc2)c2ccc(-c3ccc(N(c4ccc(OC)cc4)c4ccc([Si](C)(C)OC)cc4)cc3)cc2)cc1. The molecule has 6 nitrogen and oxygen atoms in total. The van der Waals surface area contributed by atoms with Gasteiger partial charge in [0.1, 0.15) is 17.2 Å². The largest absolute Gasteiger partial charge is 0.497 e. The van der Waals surface area contributed by atoms with Gasteiger partial charge in [-0.15, -0.1) is 0 Å². The van der Waals surface area contributed by atoms with Crippen molar-refractivity contribution in [1.82, 2.24) is 0 Å². The summed E-state index contributed by atoms with van der Waals surface area (Å²) in [7, 11) is 4.92. The van der Waals surface area contributed by atoms with Crippen molar-refractivity contribution in [3.8, 4) is 28.4 Å². The van der Waals surface area contributed by atoms with Crippen LogP contribution in [0.3, 0.4) is 0 Å². The summed E-state index contributed by atoms with van der Waals surface area (Å²) in [4.78, 5) is 4.49. The lowest BCUT2D eigenvalue weighted by Gasteiger charge is -2.27. The van der Waals surface area contributed by atoms with Crippen LogP contribution in [-0.2, 0) is 4.43 Å². The maximum atomic E-state index is 5.86. The summed E-state index contributed by atoms with van der Waals surface area (Å²) in [5.74, 6) is 2.45. The Morgan fingerprint density at radius 2 is 0.592 bits per heavy atom. The Morgan fingerprint density at radius 3 is 0.837 bits per heavy atom. The highest BCUT2D eigenvalue weighted by Gasteiger charge is 2.24. The number of methoxy groups -OCH3 is 3. The molecular formula is C42H42N2O4Si. The van der Waals surface area contributed by atoms with Crippen LogP contribution in [0.4, 0.5) is 34.1 Å². The van der Waals surface area contributed by atoms with E-state index in [1.807, 2.05) is 36.4 Å². The molecule has 0 aliphatic carbocycles. The number of benzene rings is 6. The molecule has 0 N–H and O–H groups in total. The first kappa shape index (κ1) is 33.4. The number of nitrogens with zero attached hydrogens (tertiary/aromatic N) is 2. The summed E-state index contributed by atoms with van der Waals surface area (Å²) in [6.45, 7) is 4.42. The molecule has 0 radical (unpaired) electrons. The van der Waals surface area contributed by atoms with Gasteiger partial charge < -0.3 is 28.4 Å². The van der Waals surface area contributed by atoms with Crippen molar-refractivity contribution in [1.29, 1.82) is 0 Å². The van der Waals surface area contributed by atoms with Gasteiger partial charge in [0.05, 0.1) is 21.3 Å². The van der Waals surface area contributed by atoms with E-state index < -0.39 is 8.32 Å². The molecule has 49 heavy (non-hydrogen) atoms. The second-order valence-corrected chi connectivity index (χ2v) is 16.1. The highest BCUT2D eigenvalue weighted by molar-refractivity contribution is 6.84. The third kappa shape index (κ3) is 7.33. The second-order valence-electron chi connectivity index (χ2n) is 12.1. The van der Waals surface area contributed by atoms with Crippen LogP contribution in [-0.4, -0.2) is 36.8 Å². The number of anilines is 6. The molecule has 0 saturated heterocycles. The van der Waals surface area contributed by atoms with Crippen molar-refractivity contribution in [2.24, 2.45) is 0 Å². The van der Waals surface area contributed by atoms with Gasteiger partial charge in [-0.05, 0) is 139 Å². The highest BCUT2D eigenvalue weighted by atomic mass is 28.4. The molecule has 0 bridgehead atoms. The first-order valence-electron chi connectivity index (χ1n) is 16.2. The van der Waals surface area contributed by atoms with Crippen LogP contribution in [0.1, 0.15) is 0 Å². The number of rotatable bonds is 12. The average Bonchev–Trinajstić information content (AvgIpc) is 3.16. The van der Waals surface area contributed by atoms with E-state index in [0.717, 1.165) is 62.5 Å². The summed E-state index contributed by atoms with van der Waals surface area (Å²) < 4.78 is 22.1. The summed E-state index contributed by atoms with van der Waals surface area (Å²) in [6.07, 6.45) is 0. The predicted molar refractivity (Wildman–Crippen MR) is 205 cm³/mol. The van der Waals surface area contributed by atoms with Gasteiger partial charge in [-0.2, -0.15) is 0 Å². The van der Waals surface area contributed by atoms with E-state index in [4.69, 9.17) is 18.6 Å². The van der Waals surface area contributed by atoms with Gasteiger partial charge in [-0.1, -0.05) is 36.4 Å². The lowest BCUT2D eigenvalue weighted by Crippen LogP contribution is -2.43. The van der Waals surface area contributed by atoms with Crippen LogP contribution < -0.4 is 29.2 Å². The first-order valence-corrected chi connectivity index (χ1v) is 19.1. The molecule has 0 fully saturated rings. The summed E-state index contributed by atoms with van der Waals surface area (Å²) in [6, 6.07) is 50.5. The van der Waals surface area contributed by atoms with E-state index in [1.54, 1.807) is 28.4 Å². The van der Waals surface area contributed by atoms with Gasteiger partial charge in [0.2, 0.25) is 8.32 Å². The third-order valence-corrected chi connectivity index (χ3v) is 11.7. The normalized spacial score (nSPS) is 11.1. The molecule has 0 aromatic heterocycles. The maximum absolute atomic E-state index is 5.86. The zero-order valence-corrected chi connectivity index (χ0v) is 29.9. The van der Waals surface area contributed by atoms with Crippen LogP contribution in [0.2, 0.25) is 13.1 Å². The molecule has 0 atom stereocenters. The molecular weight excluding hydrogens is 625 g/mol. The average molecular weight is 667 g/mol. The third-order valence-electron chi connectivity index (χ3n) is 8.91. The molecule has 248 valence electrons. The fourth-order valence-electron chi connectivity index (χ4n) is 5.82. The minimum absolute atomic E-state index is 0.816. The Hall–Kier alpha value is -5.50. The van der Waals surface area contributed by atoms with Gasteiger partial charge >= 0.3 is 0 Å². The topological polar surface area (TPSA) is 43.4 Å². The van der Waals surface area contributed by atoms with Gasteiger partial charge in [-0.25, -0.2) is 0 Å². The van der Waals surface area contributed by atoms with Crippen molar-refractivity contribution >= 4 is 47.6 Å². The Labute approximate surface area is 290 Å². The molecule has 0 aliphatic heterocycles. The van der Waals surface area contributed by atoms with Crippen molar-refractivity contribution in [2.75, 3.05) is 38.2 Å². The number of hydrogen-bond acceptors (Lipinski definition) is 6. The predicted octanol–water partition coefficient (Wildman–Crippen LogP) is 10.4. The van der Waals surface area contributed by atoms with Gasteiger partial charge in [0.15, 0.2) is 0 Å². The van der Waals surface area contributed by atoms with Crippen molar-refractivity contribution in [2.45, 2.75) is 13.1 Å². The summed E-state index contributed by atoms with van der Waals surface area (Å²) in [5.41, 5.74) is 8.55. The van der Waals surface area contributed by atoms with Gasteiger partial charge in [-0.3, -0.25) is 0 Å². The molecule has 6 aromatic carbocycles. The minimum Gasteiger partial charge on any atom is -0.497 e. The fourth-order valence-corrected chi connectivity index (χ4v) is 7.03. The molecule has 0 heterocycles. The van der Waals surface area contributed by atoms with Crippen LogP contribution in [0.5, 0.6) is 17.2 Å². The van der Waals surface area contributed by atoms with Crippen LogP contribution in [0, 0.1) is 0 Å². The Bertz CT molecular complexity index is 1890. The molecule has 0 saturated carbocycles. The quantitative estimate of drug-likeness (QED) is 0.121. The smallest absolute Gasteiger partial charge is 0.217 e. The highest BCUT2D eigenvalue weighted by Crippen LogP contribution is 2.39. The standard InChI is InChI=1S/C42H42N2O4Si/c1-45-39-23-15-35(16-24-39)43(36-17-25-40(46-2)26-18-36)33-11-7-31(8-12-33)32-9-13-34(14-10-32)44(37-19-27-41(47-3)28-20-37)38-21-29-42(30-22-38)49(5,6)48-4/h7-30H,1-6H3. The molecule has 7 heteroatoms. The van der Waals surface area contributed by atoms with E-state index in [1.165, 1.54) is 5.19 Å². The zero-order valence-electron chi connectivity index (χ0n) is 28.9. The van der Waals surface area contributed by atoms with Crippen LogP contribution in [0.25, 0.3) is 11.1 Å². The number of ether oxygens (including phenoxy) is 3. The van der Waals surface area contributed by atoms with Crippen LogP contribution in [0.15, 0.2) is 146 Å². The van der Waals surface area contributed by atoms with E-state index in [0.29, 0.717) is 0 Å². The zero-order chi connectivity index (χ0) is 34.4. The van der Waals surface area contributed by atoms with E-state index in [9.17, 15) is 0 Å². The molecule has 0 aliphatic rings. The number of hydrogen-bond donors (Lipinski definition) is 0. The van der Waals surface area contributed by atoms with Crippen molar-refractivity contribution in [3.05, 3.63) is 146 Å². The van der Waals surface area contributed by atoms with E-state index >= 15 is 0 Å². The Morgan fingerprint density at radius 1 is 0.347 bits per heavy atom. The summed E-state index contributed by atoms with van der Waals surface area (Å²) in [5, 5.41) is 1.25. The van der Waals surface area contributed by atoms with E-state index in [2.05, 4.69) is 132 Å². The summed E-state index contributed by atoms with van der Waals surface area (Å²) >= 11 is 0.